The first-order valence-electron chi connectivity index (χ1n) is 8.37. The van der Waals surface area contributed by atoms with Crippen LogP contribution in [0.15, 0.2) is 30.3 Å². The average molecular weight is 334 g/mol. The van der Waals surface area contributed by atoms with Gasteiger partial charge < -0.3 is 10.2 Å². The Kier molecular flexibility index (Phi) is 6.96. The molecular weight excluding hydrogens is 308 g/mol. The molecule has 1 heterocycles. The van der Waals surface area contributed by atoms with E-state index < -0.39 is 0 Å². The fraction of sp³-hybridized carbons (Fsp3) is 0.556. The number of hydrogen-bond donors (Lipinski definition) is 1. The normalized spacial score (nSPS) is 17.5. The second kappa shape index (κ2) is 8.96. The van der Waals surface area contributed by atoms with Crippen LogP contribution in [0, 0.1) is 5.92 Å². The van der Waals surface area contributed by atoms with E-state index in [0.29, 0.717) is 18.2 Å². The minimum Gasteiger partial charge on any atom is -0.354 e. The van der Waals surface area contributed by atoms with Crippen molar-refractivity contribution >= 4 is 23.6 Å². The highest BCUT2D eigenvalue weighted by molar-refractivity contribution is 7.99. The Hall–Kier alpha value is -1.49. The molecule has 0 bridgehead atoms. The first-order chi connectivity index (χ1) is 11.2. The molecule has 0 spiro atoms. The van der Waals surface area contributed by atoms with Crippen molar-refractivity contribution in [3.8, 4) is 0 Å². The molecule has 1 aliphatic heterocycles. The van der Waals surface area contributed by atoms with E-state index in [0.717, 1.165) is 19.3 Å². The quantitative estimate of drug-likeness (QED) is 0.834. The molecule has 1 atom stereocenters. The summed E-state index contributed by atoms with van der Waals surface area (Å²) in [5, 5.41) is 2.99. The van der Waals surface area contributed by atoms with E-state index in [9.17, 15) is 9.59 Å². The van der Waals surface area contributed by atoms with Crippen LogP contribution in [0.1, 0.15) is 32.3 Å². The molecule has 2 rings (SSSR count). The number of nitrogens with zero attached hydrogens (tertiary/aromatic N) is 1. The summed E-state index contributed by atoms with van der Waals surface area (Å²) in [5.74, 6) is 1.47. The lowest BCUT2D eigenvalue weighted by atomic mass is 10.0. The number of hydrogen-bond acceptors (Lipinski definition) is 3. The Balaban J connectivity index is 1.86. The maximum atomic E-state index is 12.6. The summed E-state index contributed by atoms with van der Waals surface area (Å²) < 4.78 is 0. The molecule has 0 aromatic heterocycles. The lowest BCUT2D eigenvalue weighted by Crippen LogP contribution is -2.49. The summed E-state index contributed by atoms with van der Waals surface area (Å²) in [6.07, 6.45) is 2.48. The molecule has 1 unspecified atom stereocenters. The standard InChI is InChI=1S/C18H26N2O2S/c1-3-15(4-2)18(22)20-13-23-12-16(20)17(21)19-11-10-14-8-6-5-7-9-14/h5-9,15-16H,3-4,10-13H2,1-2H3,(H,19,21). The van der Waals surface area contributed by atoms with Crippen molar-refractivity contribution in [3.05, 3.63) is 35.9 Å². The van der Waals surface area contributed by atoms with Gasteiger partial charge in [-0.15, -0.1) is 11.8 Å². The van der Waals surface area contributed by atoms with E-state index in [4.69, 9.17) is 0 Å². The summed E-state index contributed by atoms with van der Waals surface area (Å²) in [5.41, 5.74) is 1.21. The molecule has 0 aliphatic carbocycles. The molecule has 0 radical (unpaired) electrons. The Morgan fingerprint density at radius 3 is 2.61 bits per heavy atom. The number of carbonyl (C=O) groups excluding carboxylic acids is 2. The Labute approximate surface area is 143 Å². The van der Waals surface area contributed by atoms with Crippen LogP contribution in [0.3, 0.4) is 0 Å². The van der Waals surface area contributed by atoms with Crippen LogP contribution in [0.4, 0.5) is 0 Å². The topological polar surface area (TPSA) is 49.4 Å². The maximum absolute atomic E-state index is 12.6. The Bertz CT molecular complexity index is 517. The van der Waals surface area contributed by atoms with Gasteiger partial charge in [-0.2, -0.15) is 0 Å². The molecule has 126 valence electrons. The van der Waals surface area contributed by atoms with Gasteiger partial charge in [0.1, 0.15) is 6.04 Å². The summed E-state index contributed by atoms with van der Waals surface area (Å²) in [7, 11) is 0. The van der Waals surface area contributed by atoms with Crippen molar-refractivity contribution in [1.82, 2.24) is 10.2 Å². The van der Waals surface area contributed by atoms with E-state index in [1.165, 1.54) is 5.56 Å². The van der Waals surface area contributed by atoms with Gasteiger partial charge in [0.2, 0.25) is 11.8 Å². The number of amides is 2. The van der Waals surface area contributed by atoms with E-state index in [2.05, 4.69) is 17.4 Å². The van der Waals surface area contributed by atoms with Gasteiger partial charge in [0.25, 0.3) is 0 Å². The van der Waals surface area contributed by atoms with Crippen molar-refractivity contribution in [3.63, 3.8) is 0 Å². The number of carbonyl (C=O) groups is 2. The van der Waals surface area contributed by atoms with Crippen LogP contribution in [-0.4, -0.2) is 40.9 Å². The van der Waals surface area contributed by atoms with Gasteiger partial charge in [-0.3, -0.25) is 9.59 Å². The molecule has 0 saturated carbocycles. The van der Waals surface area contributed by atoms with Crippen molar-refractivity contribution in [2.75, 3.05) is 18.2 Å². The fourth-order valence-corrected chi connectivity index (χ4v) is 4.01. The highest BCUT2D eigenvalue weighted by Gasteiger charge is 2.36. The highest BCUT2D eigenvalue weighted by atomic mass is 32.2. The van der Waals surface area contributed by atoms with Crippen LogP contribution in [0.2, 0.25) is 0 Å². The van der Waals surface area contributed by atoms with E-state index >= 15 is 0 Å². The van der Waals surface area contributed by atoms with Gasteiger partial charge >= 0.3 is 0 Å². The third-order valence-corrected chi connectivity index (χ3v) is 5.37. The largest absolute Gasteiger partial charge is 0.354 e. The van der Waals surface area contributed by atoms with Crippen LogP contribution >= 0.6 is 11.8 Å². The van der Waals surface area contributed by atoms with Crippen LogP contribution in [-0.2, 0) is 16.0 Å². The molecule has 4 nitrogen and oxygen atoms in total. The van der Waals surface area contributed by atoms with Gasteiger partial charge in [-0.1, -0.05) is 44.2 Å². The number of thioether (sulfide) groups is 1. The predicted octanol–water partition coefficient (Wildman–Crippen LogP) is 2.68. The molecule has 5 heteroatoms. The van der Waals surface area contributed by atoms with Gasteiger partial charge in [0.05, 0.1) is 5.88 Å². The SMILES string of the molecule is CCC(CC)C(=O)N1CSCC1C(=O)NCCc1ccccc1. The molecule has 1 aromatic carbocycles. The monoisotopic (exact) mass is 334 g/mol. The number of nitrogens with one attached hydrogen (secondary N) is 1. The van der Waals surface area contributed by atoms with Crippen molar-refractivity contribution in [2.24, 2.45) is 5.92 Å². The molecule has 1 saturated heterocycles. The van der Waals surface area contributed by atoms with Crippen molar-refractivity contribution in [2.45, 2.75) is 39.2 Å². The maximum Gasteiger partial charge on any atom is 0.243 e. The molecule has 2 amide bonds. The molecule has 1 aliphatic rings. The van der Waals surface area contributed by atoms with Crippen molar-refractivity contribution in [1.29, 1.82) is 0 Å². The average Bonchev–Trinajstić information content (AvgIpc) is 3.06. The lowest BCUT2D eigenvalue weighted by molar-refractivity contribution is -0.141. The molecule has 1 fully saturated rings. The molecule has 1 aromatic rings. The third-order valence-electron chi connectivity index (χ3n) is 4.36. The summed E-state index contributed by atoms with van der Waals surface area (Å²) in [6.45, 7) is 4.67. The first-order valence-corrected chi connectivity index (χ1v) is 9.52. The zero-order chi connectivity index (χ0) is 16.7. The zero-order valence-corrected chi connectivity index (χ0v) is 14.8. The van der Waals surface area contributed by atoms with E-state index in [-0.39, 0.29) is 23.8 Å². The smallest absolute Gasteiger partial charge is 0.243 e. The summed E-state index contributed by atoms with van der Waals surface area (Å²) in [4.78, 5) is 26.7. The lowest BCUT2D eigenvalue weighted by Gasteiger charge is -2.26. The highest BCUT2D eigenvalue weighted by Crippen LogP contribution is 2.25. The Morgan fingerprint density at radius 1 is 1.26 bits per heavy atom. The molecule has 1 N–H and O–H groups in total. The summed E-state index contributed by atoms with van der Waals surface area (Å²) in [6, 6.07) is 9.78. The fourth-order valence-electron chi connectivity index (χ4n) is 2.84. The first kappa shape index (κ1) is 17.9. The minimum absolute atomic E-state index is 0.0229. The zero-order valence-electron chi connectivity index (χ0n) is 14.0. The third kappa shape index (κ3) is 4.74. The number of rotatable bonds is 7. The number of benzene rings is 1. The van der Waals surface area contributed by atoms with Crippen LogP contribution in [0.5, 0.6) is 0 Å². The van der Waals surface area contributed by atoms with E-state index in [1.807, 2.05) is 32.0 Å². The Morgan fingerprint density at radius 2 is 1.96 bits per heavy atom. The predicted molar refractivity (Wildman–Crippen MR) is 95.2 cm³/mol. The summed E-state index contributed by atoms with van der Waals surface area (Å²) >= 11 is 1.66. The van der Waals surface area contributed by atoms with Crippen LogP contribution in [0.25, 0.3) is 0 Å². The van der Waals surface area contributed by atoms with Gasteiger partial charge in [-0.05, 0) is 24.8 Å². The van der Waals surface area contributed by atoms with Gasteiger partial charge in [-0.25, -0.2) is 0 Å². The second-order valence-corrected chi connectivity index (χ2v) is 6.86. The minimum atomic E-state index is -0.316. The van der Waals surface area contributed by atoms with Crippen molar-refractivity contribution < 1.29 is 9.59 Å². The molecular formula is C18H26N2O2S. The van der Waals surface area contributed by atoms with Gasteiger partial charge in [0.15, 0.2) is 0 Å². The second-order valence-electron chi connectivity index (χ2n) is 5.86. The molecule has 23 heavy (non-hydrogen) atoms. The van der Waals surface area contributed by atoms with Crippen LogP contribution < -0.4 is 5.32 Å². The van der Waals surface area contributed by atoms with E-state index in [1.54, 1.807) is 16.7 Å². The van der Waals surface area contributed by atoms with Gasteiger partial charge in [0, 0.05) is 18.2 Å².